The van der Waals surface area contributed by atoms with Crippen LogP contribution in [0.2, 0.25) is 0 Å². The molecule has 1 heterocycles. The number of hydrogen-bond acceptors (Lipinski definition) is 2. The van der Waals surface area contributed by atoms with E-state index in [0.29, 0.717) is 18.7 Å². The Morgan fingerprint density at radius 2 is 2.31 bits per heavy atom. The lowest BCUT2D eigenvalue weighted by Crippen LogP contribution is -2.24. The van der Waals surface area contributed by atoms with Crippen LogP contribution in [-0.2, 0) is 4.79 Å². The van der Waals surface area contributed by atoms with E-state index in [1.54, 1.807) is 11.0 Å². The van der Waals surface area contributed by atoms with Crippen molar-refractivity contribution in [1.82, 2.24) is 0 Å². The summed E-state index contributed by atoms with van der Waals surface area (Å²) in [5.41, 5.74) is 0.535. The molecule has 1 aliphatic rings. The van der Waals surface area contributed by atoms with E-state index < -0.39 is 5.82 Å². The molecule has 1 atom stereocenters. The second kappa shape index (κ2) is 4.22. The van der Waals surface area contributed by atoms with Gasteiger partial charge in [0.1, 0.15) is 11.9 Å². The van der Waals surface area contributed by atoms with Gasteiger partial charge < -0.3 is 4.90 Å². The lowest BCUT2D eigenvalue weighted by molar-refractivity contribution is -0.117. The number of nitriles is 1. The SMILES string of the molecule is N#Cc1cc(N2CC(Br)CC2=O)ccc1F. The summed E-state index contributed by atoms with van der Waals surface area (Å²) in [7, 11) is 0. The minimum Gasteiger partial charge on any atom is -0.311 e. The van der Waals surface area contributed by atoms with Gasteiger partial charge in [-0.25, -0.2) is 4.39 Å². The highest BCUT2D eigenvalue weighted by atomic mass is 79.9. The first kappa shape index (κ1) is 11.1. The molecule has 0 spiro atoms. The van der Waals surface area contributed by atoms with E-state index in [0.717, 1.165) is 0 Å². The highest BCUT2D eigenvalue weighted by Crippen LogP contribution is 2.26. The number of benzene rings is 1. The topological polar surface area (TPSA) is 44.1 Å². The van der Waals surface area contributed by atoms with Gasteiger partial charge >= 0.3 is 0 Å². The lowest BCUT2D eigenvalue weighted by atomic mass is 10.2. The molecule has 2 rings (SSSR count). The second-order valence-corrected chi connectivity index (χ2v) is 4.88. The Labute approximate surface area is 101 Å². The van der Waals surface area contributed by atoms with Crippen molar-refractivity contribution in [2.24, 2.45) is 0 Å². The smallest absolute Gasteiger partial charge is 0.228 e. The summed E-state index contributed by atoms with van der Waals surface area (Å²) < 4.78 is 13.1. The van der Waals surface area contributed by atoms with E-state index in [4.69, 9.17) is 5.26 Å². The maximum Gasteiger partial charge on any atom is 0.228 e. The van der Waals surface area contributed by atoms with E-state index in [9.17, 15) is 9.18 Å². The third-order valence-corrected chi connectivity index (χ3v) is 3.07. The lowest BCUT2D eigenvalue weighted by Gasteiger charge is -2.16. The van der Waals surface area contributed by atoms with Crippen molar-refractivity contribution in [3.63, 3.8) is 0 Å². The van der Waals surface area contributed by atoms with E-state index in [1.807, 2.05) is 0 Å². The number of carbonyl (C=O) groups excluding carboxylic acids is 1. The Kier molecular flexibility index (Phi) is 2.92. The van der Waals surface area contributed by atoms with Gasteiger partial charge in [-0.2, -0.15) is 5.26 Å². The standard InChI is InChI=1S/C11H8BrFN2O/c12-8-4-11(16)15(6-8)9-1-2-10(13)7(3-9)5-14/h1-3,8H,4,6H2. The van der Waals surface area contributed by atoms with E-state index in [2.05, 4.69) is 15.9 Å². The van der Waals surface area contributed by atoms with Gasteiger partial charge in [0.05, 0.1) is 5.56 Å². The average Bonchev–Trinajstić information content (AvgIpc) is 2.59. The van der Waals surface area contributed by atoms with Crippen LogP contribution in [0.4, 0.5) is 10.1 Å². The number of rotatable bonds is 1. The molecule has 16 heavy (non-hydrogen) atoms. The van der Waals surface area contributed by atoms with Gasteiger partial charge in [0.25, 0.3) is 0 Å². The van der Waals surface area contributed by atoms with Gasteiger partial charge in [0, 0.05) is 23.5 Å². The minimum atomic E-state index is -0.562. The van der Waals surface area contributed by atoms with Gasteiger partial charge in [-0.05, 0) is 18.2 Å². The van der Waals surface area contributed by atoms with Crippen LogP contribution >= 0.6 is 15.9 Å². The van der Waals surface area contributed by atoms with E-state index in [1.165, 1.54) is 18.2 Å². The summed E-state index contributed by atoms with van der Waals surface area (Å²) in [6.45, 7) is 0.551. The molecule has 1 aromatic rings. The van der Waals surface area contributed by atoms with Crippen LogP contribution in [0.5, 0.6) is 0 Å². The zero-order valence-electron chi connectivity index (χ0n) is 8.28. The first-order valence-electron chi connectivity index (χ1n) is 4.76. The average molecular weight is 283 g/mol. The molecule has 0 aliphatic carbocycles. The first-order valence-corrected chi connectivity index (χ1v) is 5.67. The third kappa shape index (κ3) is 1.93. The number of hydrogen-bond donors (Lipinski definition) is 0. The van der Waals surface area contributed by atoms with Crippen LogP contribution in [0.15, 0.2) is 18.2 Å². The van der Waals surface area contributed by atoms with Crippen LogP contribution in [0.25, 0.3) is 0 Å². The Hall–Kier alpha value is -1.41. The minimum absolute atomic E-state index is 0.0163. The van der Waals surface area contributed by atoms with Gasteiger partial charge in [0.15, 0.2) is 0 Å². The summed E-state index contributed by atoms with van der Waals surface area (Å²) >= 11 is 3.36. The summed E-state index contributed by atoms with van der Waals surface area (Å²) in [5.74, 6) is -0.578. The zero-order chi connectivity index (χ0) is 11.7. The molecule has 5 heteroatoms. The van der Waals surface area contributed by atoms with Gasteiger partial charge in [0.2, 0.25) is 5.91 Å². The second-order valence-electron chi connectivity index (χ2n) is 3.58. The number of anilines is 1. The van der Waals surface area contributed by atoms with Crippen LogP contribution < -0.4 is 4.90 Å². The van der Waals surface area contributed by atoms with Crippen molar-refractivity contribution in [2.75, 3.05) is 11.4 Å². The molecule has 3 nitrogen and oxygen atoms in total. The molecule has 1 amide bonds. The van der Waals surface area contributed by atoms with Crippen molar-refractivity contribution in [2.45, 2.75) is 11.2 Å². The molecule has 0 aromatic heterocycles. The molecule has 0 N–H and O–H groups in total. The molecular weight excluding hydrogens is 275 g/mol. The largest absolute Gasteiger partial charge is 0.311 e. The molecule has 0 saturated carbocycles. The number of carbonyl (C=O) groups is 1. The highest BCUT2D eigenvalue weighted by Gasteiger charge is 2.29. The highest BCUT2D eigenvalue weighted by molar-refractivity contribution is 9.09. The van der Waals surface area contributed by atoms with Gasteiger partial charge in [-0.15, -0.1) is 0 Å². The fourth-order valence-corrected chi connectivity index (χ4v) is 2.25. The summed E-state index contributed by atoms with van der Waals surface area (Å²) in [6, 6.07) is 5.89. The van der Waals surface area contributed by atoms with Crippen molar-refractivity contribution >= 4 is 27.5 Å². The number of halogens is 2. The fraction of sp³-hybridized carbons (Fsp3) is 0.273. The fourth-order valence-electron chi connectivity index (χ4n) is 1.68. The van der Waals surface area contributed by atoms with Crippen molar-refractivity contribution in [1.29, 1.82) is 5.26 Å². The summed E-state index contributed by atoms with van der Waals surface area (Å²) in [6.07, 6.45) is 0.430. The summed E-state index contributed by atoms with van der Waals surface area (Å²) in [4.78, 5) is 13.3. The molecule has 1 aromatic carbocycles. The maximum atomic E-state index is 13.1. The number of amides is 1. The quantitative estimate of drug-likeness (QED) is 0.742. The normalized spacial score (nSPS) is 19.9. The third-order valence-electron chi connectivity index (χ3n) is 2.46. The predicted octanol–water partition coefficient (Wildman–Crippen LogP) is 2.20. The molecule has 1 fully saturated rings. The van der Waals surface area contributed by atoms with Crippen molar-refractivity contribution in [3.8, 4) is 6.07 Å². The van der Waals surface area contributed by atoms with Crippen LogP contribution in [0.3, 0.4) is 0 Å². The molecule has 1 saturated heterocycles. The van der Waals surface area contributed by atoms with Crippen molar-refractivity contribution in [3.05, 3.63) is 29.6 Å². The molecule has 0 radical (unpaired) electrons. The number of nitrogens with zero attached hydrogens (tertiary/aromatic N) is 2. The Bertz CT molecular complexity index is 483. The van der Waals surface area contributed by atoms with Crippen molar-refractivity contribution < 1.29 is 9.18 Å². The van der Waals surface area contributed by atoms with E-state index >= 15 is 0 Å². The van der Waals surface area contributed by atoms with Crippen LogP contribution in [-0.4, -0.2) is 17.3 Å². The van der Waals surface area contributed by atoms with Crippen LogP contribution in [0.1, 0.15) is 12.0 Å². The molecule has 0 bridgehead atoms. The van der Waals surface area contributed by atoms with Crippen LogP contribution in [0, 0.1) is 17.1 Å². The molecule has 82 valence electrons. The van der Waals surface area contributed by atoms with Gasteiger partial charge in [-0.1, -0.05) is 15.9 Å². The Balaban J connectivity index is 2.35. The molecule has 1 unspecified atom stereocenters. The monoisotopic (exact) mass is 282 g/mol. The first-order chi connectivity index (χ1) is 7.61. The predicted molar refractivity (Wildman–Crippen MR) is 60.8 cm³/mol. The molecular formula is C11H8BrFN2O. The zero-order valence-corrected chi connectivity index (χ0v) is 9.87. The maximum absolute atomic E-state index is 13.1. The van der Waals surface area contributed by atoms with Gasteiger partial charge in [-0.3, -0.25) is 4.79 Å². The Morgan fingerprint density at radius 1 is 1.56 bits per heavy atom. The Morgan fingerprint density at radius 3 is 2.88 bits per heavy atom. The molecule has 1 aliphatic heterocycles. The van der Waals surface area contributed by atoms with E-state index in [-0.39, 0.29) is 16.3 Å². The number of alkyl halides is 1. The summed E-state index contributed by atoms with van der Waals surface area (Å²) in [5, 5.41) is 8.70.